The summed E-state index contributed by atoms with van der Waals surface area (Å²) in [5.41, 5.74) is 1.75. The van der Waals surface area contributed by atoms with Gasteiger partial charge in [-0.25, -0.2) is 8.42 Å². The van der Waals surface area contributed by atoms with Crippen molar-refractivity contribution < 1.29 is 8.42 Å². The highest BCUT2D eigenvalue weighted by Crippen LogP contribution is 2.42. The van der Waals surface area contributed by atoms with Gasteiger partial charge in [-0.2, -0.15) is 0 Å². The number of hydrogen-bond donors (Lipinski definition) is 0. The van der Waals surface area contributed by atoms with E-state index in [4.69, 9.17) is 0 Å². The Bertz CT molecular complexity index is 537. The first-order valence-electron chi connectivity index (χ1n) is 4.99. The van der Waals surface area contributed by atoms with Gasteiger partial charge in [-0.05, 0) is 17.7 Å². The van der Waals surface area contributed by atoms with E-state index in [1.54, 1.807) is 0 Å². The highest BCUT2D eigenvalue weighted by molar-refractivity contribution is 9.10. The molecule has 2 rings (SSSR count). The number of anilines is 1. The van der Waals surface area contributed by atoms with Crippen molar-refractivity contribution in [1.82, 2.24) is 0 Å². The Hall–Kier alpha value is -0.550. The molecule has 3 nitrogen and oxygen atoms in total. The lowest BCUT2D eigenvalue weighted by molar-refractivity contribution is 0.557. The van der Waals surface area contributed by atoms with Crippen LogP contribution < -0.4 is 4.31 Å². The minimum Gasteiger partial charge on any atom is -0.269 e. The lowest BCUT2D eigenvalue weighted by Gasteiger charge is -2.20. The fourth-order valence-corrected chi connectivity index (χ4v) is 3.52. The predicted molar refractivity (Wildman–Crippen MR) is 69.4 cm³/mol. The molecule has 0 fully saturated rings. The van der Waals surface area contributed by atoms with Crippen LogP contribution in [0.4, 0.5) is 5.69 Å². The second kappa shape index (κ2) is 3.47. The zero-order valence-corrected chi connectivity index (χ0v) is 11.9. The van der Waals surface area contributed by atoms with Crippen LogP contribution in [0.5, 0.6) is 0 Å². The van der Waals surface area contributed by atoms with Crippen molar-refractivity contribution in [3.8, 4) is 0 Å². The lowest BCUT2D eigenvalue weighted by atomic mass is 9.87. The van der Waals surface area contributed by atoms with Gasteiger partial charge in [0.05, 0.1) is 11.9 Å². The second-order valence-electron chi connectivity index (χ2n) is 4.81. The molecule has 16 heavy (non-hydrogen) atoms. The van der Waals surface area contributed by atoms with Crippen molar-refractivity contribution >= 4 is 31.6 Å². The number of sulfonamides is 1. The molecular formula is C11H14BrNO2S. The molecule has 1 aliphatic heterocycles. The van der Waals surface area contributed by atoms with Crippen LogP contribution in [-0.2, 0) is 15.4 Å². The lowest BCUT2D eigenvalue weighted by Crippen LogP contribution is -2.33. The Morgan fingerprint density at radius 3 is 2.56 bits per heavy atom. The number of halogens is 1. The maximum atomic E-state index is 11.7. The first-order chi connectivity index (χ1) is 7.22. The van der Waals surface area contributed by atoms with E-state index in [2.05, 4.69) is 29.8 Å². The molecule has 0 atom stereocenters. The van der Waals surface area contributed by atoms with E-state index in [9.17, 15) is 8.42 Å². The second-order valence-corrected chi connectivity index (χ2v) is 7.64. The fraction of sp³-hybridized carbons (Fsp3) is 0.455. The smallest absolute Gasteiger partial charge is 0.232 e. The molecule has 1 aromatic carbocycles. The predicted octanol–water partition coefficient (Wildman–Crippen LogP) is 2.51. The Labute approximate surface area is 105 Å². The van der Waals surface area contributed by atoms with Crippen LogP contribution >= 0.6 is 15.9 Å². The summed E-state index contributed by atoms with van der Waals surface area (Å²) in [7, 11) is -3.19. The number of benzene rings is 1. The summed E-state index contributed by atoms with van der Waals surface area (Å²) in [5.74, 6) is 0. The van der Waals surface area contributed by atoms with Crippen LogP contribution in [0, 0.1) is 0 Å². The molecule has 1 aliphatic rings. The third-order valence-electron chi connectivity index (χ3n) is 2.90. The summed E-state index contributed by atoms with van der Waals surface area (Å²) in [6, 6.07) is 5.81. The first-order valence-corrected chi connectivity index (χ1v) is 7.64. The molecule has 5 heteroatoms. The number of hydrogen-bond acceptors (Lipinski definition) is 2. The normalized spacial score (nSPS) is 18.6. The maximum absolute atomic E-state index is 11.7. The summed E-state index contributed by atoms with van der Waals surface area (Å²) in [6.07, 6.45) is 1.25. The molecule has 0 bridgehead atoms. The monoisotopic (exact) mass is 303 g/mol. The van der Waals surface area contributed by atoms with Gasteiger partial charge in [0, 0.05) is 16.4 Å². The Morgan fingerprint density at radius 2 is 2.00 bits per heavy atom. The van der Waals surface area contributed by atoms with Gasteiger partial charge in [0.1, 0.15) is 0 Å². The van der Waals surface area contributed by atoms with Crippen LogP contribution in [0.3, 0.4) is 0 Å². The average molecular weight is 304 g/mol. The minimum absolute atomic E-state index is 0.126. The van der Waals surface area contributed by atoms with Crippen LogP contribution in [0.2, 0.25) is 0 Å². The van der Waals surface area contributed by atoms with E-state index in [0.29, 0.717) is 6.54 Å². The number of rotatable bonds is 1. The molecule has 0 amide bonds. The molecule has 0 aliphatic carbocycles. The van der Waals surface area contributed by atoms with Crippen molar-refractivity contribution in [2.24, 2.45) is 0 Å². The SMILES string of the molecule is CC1(C)CN(S(C)(=O)=O)c2cc(Br)ccc21. The zero-order valence-electron chi connectivity index (χ0n) is 9.49. The van der Waals surface area contributed by atoms with Crippen LogP contribution in [-0.4, -0.2) is 21.2 Å². The van der Waals surface area contributed by atoms with Gasteiger partial charge in [-0.15, -0.1) is 0 Å². The van der Waals surface area contributed by atoms with Gasteiger partial charge in [-0.3, -0.25) is 4.31 Å². The molecular weight excluding hydrogens is 290 g/mol. The zero-order chi connectivity index (χ0) is 12.1. The van der Waals surface area contributed by atoms with Crippen molar-refractivity contribution in [2.75, 3.05) is 17.1 Å². The summed E-state index contributed by atoms with van der Waals surface area (Å²) in [5, 5.41) is 0. The molecule has 0 aromatic heterocycles. The van der Waals surface area contributed by atoms with Crippen molar-refractivity contribution in [3.63, 3.8) is 0 Å². The molecule has 0 saturated carbocycles. The summed E-state index contributed by atoms with van der Waals surface area (Å²) in [6.45, 7) is 4.63. The van der Waals surface area contributed by atoms with Crippen molar-refractivity contribution in [3.05, 3.63) is 28.2 Å². The Balaban J connectivity index is 2.66. The van der Waals surface area contributed by atoms with Crippen molar-refractivity contribution in [1.29, 1.82) is 0 Å². The van der Waals surface area contributed by atoms with E-state index in [0.717, 1.165) is 15.7 Å². The standard InChI is InChI=1S/C11H14BrNO2S/c1-11(2)7-13(16(3,14)15)10-6-8(12)4-5-9(10)11/h4-6H,7H2,1-3H3. The molecule has 0 saturated heterocycles. The topological polar surface area (TPSA) is 37.4 Å². The van der Waals surface area contributed by atoms with E-state index < -0.39 is 10.0 Å². The van der Waals surface area contributed by atoms with Gasteiger partial charge in [0.25, 0.3) is 0 Å². The molecule has 0 N–H and O–H groups in total. The highest BCUT2D eigenvalue weighted by Gasteiger charge is 2.38. The van der Waals surface area contributed by atoms with E-state index in [1.165, 1.54) is 10.6 Å². The molecule has 0 spiro atoms. The molecule has 88 valence electrons. The summed E-state index contributed by atoms with van der Waals surface area (Å²) < 4.78 is 25.8. The van der Waals surface area contributed by atoms with Gasteiger partial charge in [-0.1, -0.05) is 35.8 Å². The average Bonchev–Trinajstić information content (AvgIpc) is 2.37. The van der Waals surface area contributed by atoms with Crippen LogP contribution in [0.1, 0.15) is 19.4 Å². The van der Waals surface area contributed by atoms with Gasteiger partial charge in [0.15, 0.2) is 0 Å². The van der Waals surface area contributed by atoms with E-state index in [-0.39, 0.29) is 5.41 Å². The third-order valence-corrected chi connectivity index (χ3v) is 4.52. The molecule has 0 radical (unpaired) electrons. The molecule has 1 heterocycles. The Morgan fingerprint density at radius 1 is 1.38 bits per heavy atom. The van der Waals surface area contributed by atoms with Gasteiger partial charge in [0.2, 0.25) is 10.0 Å². The minimum atomic E-state index is -3.19. The van der Waals surface area contributed by atoms with E-state index in [1.807, 2.05) is 18.2 Å². The third kappa shape index (κ3) is 1.86. The molecule has 1 aromatic rings. The summed E-state index contributed by atoms with van der Waals surface area (Å²) in [4.78, 5) is 0. The number of fused-ring (bicyclic) bond motifs is 1. The highest BCUT2D eigenvalue weighted by atomic mass is 79.9. The quantitative estimate of drug-likeness (QED) is 0.799. The number of nitrogens with zero attached hydrogens (tertiary/aromatic N) is 1. The largest absolute Gasteiger partial charge is 0.269 e. The van der Waals surface area contributed by atoms with Crippen molar-refractivity contribution in [2.45, 2.75) is 19.3 Å². The van der Waals surface area contributed by atoms with Gasteiger partial charge >= 0.3 is 0 Å². The Kier molecular flexibility index (Phi) is 2.58. The van der Waals surface area contributed by atoms with Crippen LogP contribution in [0.25, 0.3) is 0 Å². The first kappa shape index (κ1) is 11.9. The maximum Gasteiger partial charge on any atom is 0.232 e. The van der Waals surface area contributed by atoms with E-state index >= 15 is 0 Å². The molecule has 0 unspecified atom stereocenters. The fourth-order valence-electron chi connectivity index (χ4n) is 2.11. The summed E-state index contributed by atoms with van der Waals surface area (Å²) >= 11 is 3.38. The van der Waals surface area contributed by atoms with Crippen LogP contribution in [0.15, 0.2) is 22.7 Å². The van der Waals surface area contributed by atoms with Gasteiger partial charge < -0.3 is 0 Å².